The molecule has 79 heavy (non-hydrogen) atoms. The van der Waals surface area contributed by atoms with Gasteiger partial charge in [-0.05, 0) is 186 Å². The van der Waals surface area contributed by atoms with Crippen molar-refractivity contribution in [2.24, 2.45) is 45.1 Å². The quantitative estimate of drug-likeness (QED) is 0.102. The number of urea groups is 1. The number of nitrogens with zero attached hydrogens (tertiary/aromatic N) is 4. The molecule has 2 saturated carbocycles. The van der Waals surface area contributed by atoms with E-state index in [-0.39, 0.29) is 80.3 Å². The van der Waals surface area contributed by atoms with E-state index in [0.717, 1.165) is 44.5 Å². The van der Waals surface area contributed by atoms with Crippen molar-refractivity contribution in [3.63, 3.8) is 0 Å². The Bertz CT molecular complexity index is 2830. The van der Waals surface area contributed by atoms with E-state index in [0.29, 0.717) is 108 Å². The van der Waals surface area contributed by atoms with Gasteiger partial charge < -0.3 is 27.4 Å². The fourth-order valence-electron chi connectivity index (χ4n) is 12.4. The van der Waals surface area contributed by atoms with Crippen LogP contribution in [-0.4, -0.2) is 110 Å². The van der Waals surface area contributed by atoms with E-state index in [1.165, 1.54) is 14.0 Å². The van der Waals surface area contributed by atoms with E-state index < -0.39 is 62.3 Å². The number of nitrogens with one attached hydrogen (secondary N) is 3. The van der Waals surface area contributed by atoms with Gasteiger partial charge in [0.1, 0.15) is 22.7 Å². The molecule has 0 aromatic heterocycles. The zero-order chi connectivity index (χ0) is 57.7. The Kier molecular flexibility index (Phi) is 19.6. The number of nitrogens with two attached hydrogens (primary N) is 2. The number of amides is 4. The number of aryl methyl sites for hydroxylation is 4. The number of halogens is 6. The number of amidine groups is 2. The van der Waals surface area contributed by atoms with Gasteiger partial charge in [-0.1, -0.05) is 24.3 Å². The van der Waals surface area contributed by atoms with Crippen LogP contribution in [0.4, 0.5) is 31.1 Å². The highest BCUT2D eigenvalue weighted by molar-refractivity contribution is 7.92. The standard InChI is InChI=1S/C28H40F3N5O4S.C27H37F3N4O3S/c1-18-15-21(17-33-26(32)38)16-19(2)23(18)8-14-41(39,40)36-12-10-27(11-13-36)25(37)34-24(35-27)22-5-3-20(4-6-22)7-9-28(29,30)31;1-18-15-21(17-31)16-19(2)23(18)8-14-38(36,37)34-12-10-26(11-13-34)25(35)32-24(33-26)22-5-3-20(4-6-22)7-9-27(28,29)30/h15-16,20,22H,3-14,17H2,1-2H3,(H3,32,33,38)(H,34,35,37);8,14-16,20,22H,3-7,9-13,17,31H2,1-2H3,(H,32,33,35)/b;14-8+. The van der Waals surface area contributed by atoms with Gasteiger partial charge in [-0.3, -0.25) is 19.6 Å². The summed E-state index contributed by atoms with van der Waals surface area (Å²) in [5.74, 6) is 0.900. The Morgan fingerprint density at radius 2 is 1.10 bits per heavy atom. The van der Waals surface area contributed by atoms with Gasteiger partial charge >= 0.3 is 18.4 Å². The first-order valence-electron chi connectivity index (χ1n) is 27.5. The molecule has 6 aliphatic rings. The number of hydrogen-bond acceptors (Lipinski definition) is 10. The molecule has 0 atom stereocenters. The molecular weight excluding hydrogens is 1080 g/mol. The molecule has 2 aromatic rings. The number of sulfonamides is 2. The van der Waals surface area contributed by atoms with Gasteiger partial charge in [-0.25, -0.2) is 25.9 Å². The molecule has 438 valence electrons. The number of rotatable bonds is 16. The summed E-state index contributed by atoms with van der Waals surface area (Å²) in [6.45, 7) is 9.16. The number of benzene rings is 2. The molecule has 2 aromatic carbocycles. The summed E-state index contributed by atoms with van der Waals surface area (Å²) in [5, 5.41) is 9.62. The van der Waals surface area contributed by atoms with Crippen LogP contribution in [0.1, 0.15) is 147 Å². The van der Waals surface area contributed by atoms with Crippen LogP contribution >= 0.6 is 0 Å². The van der Waals surface area contributed by atoms with Crippen molar-refractivity contribution in [3.05, 3.63) is 74.2 Å². The first kappa shape index (κ1) is 61.7. The molecule has 7 N–H and O–H groups in total. The average molecular weight is 1150 g/mol. The van der Waals surface area contributed by atoms with Gasteiger partial charge in [0.05, 0.1) is 5.75 Å². The number of primary amides is 1. The molecule has 0 unspecified atom stereocenters. The van der Waals surface area contributed by atoms with E-state index in [4.69, 9.17) is 21.5 Å². The molecule has 2 saturated heterocycles. The van der Waals surface area contributed by atoms with E-state index in [9.17, 15) is 57.6 Å². The fraction of sp³-hybridized carbons (Fsp3) is 0.655. The molecule has 4 heterocycles. The van der Waals surface area contributed by atoms with Gasteiger partial charge in [0.25, 0.3) is 11.8 Å². The van der Waals surface area contributed by atoms with Gasteiger partial charge in [0, 0.05) is 69.4 Å². The fourth-order valence-corrected chi connectivity index (χ4v) is 15.0. The highest BCUT2D eigenvalue weighted by Crippen LogP contribution is 2.41. The number of hydrogen-bond donors (Lipinski definition) is 5. The normalized spacial score (nSPS) is 24.0. The van der Waals surface area contributed by atoms with E-state index in [2.05, 4.69) is 16.0 Å². The molecule has 16 nitrogen and oxygen atoms in total. The summed E-state index contributed by atoms with van der Waals surface area (Å²) in [4.78, 5) is 46.5. The van der Waals surface area contributed by atoms with E-state index >= 15 is 0 Å². The monoisotopic (exact) mass is 1150 g/mol. The van der Waals surface area contributed by atoms with Gasteiger partial charge in [-0.15, -0.1) is 0 Å². The Balaban J connectivity index is 0.000000229. The maximum Gasteiger partial charge on any atom is 0.389 e. The minimum atomic E-state index is -4.13. The minimum Gasteiger partial charge on any atom is -0.352 e. The van der Waals surface area contributed by atoms with Crippen LogP contribution in [0.15, 0.2) is 39.7 Å². The van der Waals surface area contributed by atoms with Crippen molar-refractivity contribution in [2.75, 3.05) is 31.9 Å². The Hall–Kier alpha value is -4.91. The smallest absolute Gasteiger partial charge is 0.352 e. The number of piperidine rings is 2. The van der Waals surface area contributed by atoms with Crippen molar-refractivity contribution < 1.29 is 57.6 Å². The lowest BCUT2D eigenvalue weighted by Crippen LogP contribution is -2.51. The SMILES string of the molecule is Cc1cc(CN)cc(C)c1/C=C/S(=O)(=O)N1CCC2(CC1)N=C(C1CCC(CCC(F)(F)F)CC1)NC2=O.Cc1cc(CNC(N)=O)cc(C)c1CCS(=O)(=O)N1CCC2(CC1)N=C(C1CCC(CCC(F)(F)F)CC1)NC2=O. The summed E-state index contributed by atoms with van der Waals surface area (Å²) in [5.41, 5.74) is 16.4. The molecule has 4 fully saturated rings. The van der Waals surface area contributed by atoms with Crippen LogP contribution in [-0.2, 0) is 49.1 Å². The molecule has 2 aliphatic carbocycles. The molecule has 2 spiro atoms. The highest BCUT2D eigenvalue weighted by atomic mass is 32.2. The Morgan fingerprint density at radius 3 is 1.51 bits per heavy atom. The lowest BCUT2D eigenvalue weighted by Gasteiger charge is -2.34. The zero-order valence-electron chi connectivity index (χ0n) is 45.6. The van der Waals surface area contributed by atoms with Gasteiger partial charge in [0.15, 0.2) is 0 Å². The summed E-state index contributed by atoms with van der Waals surface area (Å²) in [7, 11) is -7.25. The molecule has 24 heteroatoms. The topological polar surface area (TPSA) is 239 Å². The third-order valence-corrected chi connectivity index (χ3v) is 20.6. The zero-order valence-corrected chi connectivity index (χ0v) is 47.3. The number of alkyl halides is 6. The van der Waals surface area contributed by atoms with Gasteiger partial charge in [-0.2, -0.15) is 30.6 Å². The van der Waals surface area contributed by atoms with E-state index in [1.807, 2.05) is 52.0 Å². The number of carbonyl (C=O) groups is 3. The molecule has 4 amide bonds. The summed E-state index contributed by atoms with van der Waals surface area (Å²) < 4.78 is 131. The second kappa shape index (κ2) is 25.1. The first-order chi connectivity index (χ1) is 37.0. The average Bonchev–Trinajstić information content (AvgIpc) is 4.16. The lowest BCUT2D eigenvalue weighted by atomic mass is 9.79. The molecule has 4 aliphatic heterocycles. The minimum absolute atomic E-state index is 0.0201. The molecule has 0 radical (unpaired) electrons. The Morgan fingerprint density at radius 1 is 0.684 bits per heavy atom. The molecule has 0 bridgehead atoms. The maximum absolute atomic E-state index is 13.2. The first-order valence-corrected chi connectivity index (χ1v) is 30.6. The van der Waals surface area contributed by atoms with Crippen LogP contribution < -0.4 is 27.4 Å². The van der Waals surface area contributed by atoms with Crippen LogP contribution in [0.5, 0.6) is 0 Å². The summed E-state index contributed by atoms with van der Waals surface area (Å²) >= 11 is 0. The van der Waals surface area contributed by atoms with Crippen molar-refractivity contribution >= 4 is 55.6 Å². The largest absolute Gasteiger partial charge is 0.389 e. The number of aliphatic imine (C=N–C) groups is 2. The third-order valence-electron chi connectivity index (χ3n) is 17.1. The molecular formula is C55H77F6N9O7S2. The predicted octanol–water partition coefficient (Wildman–Crippen LogP) is 8.43. The maximum atomic E-state index is 13.2. The Labute approximate surface area is 460 Å². The highest BCUT2D eigenvalue weighted by Gasteiger charge is 2.50. The lowest BCUT2D eigenvalue weighted by molar-refractivity contribution is -0.139. The second-order valence-electron chi connectivity index (χ2n) is 22.7. The van der Waals surface area contributed by atoms with E-state index in [1.54, 1.807) is 6.08 Å². The second-order valence-corrected chi connectivity index (χ2v) is 26.6. The van der Waals surface area contributed by atoms with Gasteiger partial charge in [0.2, 0.25) is 20.0 Å². The molecule has 8 rings (SSSR count). The van der Waals surface area contributed by atoms with Crippen molar-refractivity contribution in [1.82, 2.24) is 24.6 Å². The van der Waals surface area contributed by atoms with Crippen molar-refractivity contribution in [1.29, 1.82) is 0 Å². The van der Waals surface area contributed by atoms with Crippen molar-refractivity contribution in [2.45, 2.75) is 173 Å². The van der Waals surface area contributed by atoms with Crippen LogP contribution in [0.3, 0.4) is 0 Å². The van der Waals surface area contributed by atoms with Crippen LogP contribution in [0.25, 0.3) is 6.08 Å². The predicted molar refractivity (Wildman–Crippen MR) is 291 cm³/mol. The van der Waals surface area contributed by atoms with Crippen molar-refractivity contribution in [3.8, 4) is 0 Å². The summed E-state index contributed by atoms with van der Waals surface area (Å²) in [6.07, 6.45) is -0.813. The van der Waals surface area contributed by atoms with Crippen LogP contribution in [0, 0.1) is 51.4 Å². The number of carbonyl (C=O) groups excluding carboxylic acids is 3. The third kappa shape index (κ3) is 16.0. The van der Waals surface area contributed by atoms with Crippen LogP contribution in [0.2, 0.25) is 0 Å². The summed E-state index contributed by atoms with van der Waals surface area (Å²) in [6, 6.07) is 7.12.